The van der Waals surface area contributed by atoms with Crippen molar-refractivity contribution in [3.63, 3.8) is 0 Å². The lowest BCUT2D eigenvalue weighted by Gasteiger charge is -2.21. The molecule has 2 heterocycles. The fraction of sp³-hybridized carbons (Fsp3) is 0.600. The smallest absolute Gasteiger partial charge is 0.148 e. The number of nitrogens with one attached hydrogen (secondary N) is 1. The fourth-order valence-electron chi connectivity index (χ4n) is 1.64. The van der Waals surface area contributed by atoms with Crippen LogP contribution < -0.4 is 11.1 Å². The zero-order chi connectivity index (χ0) is 10.5. The first-order valence-corrected chi connectivity index (χ1v) is 6.41. The first-order chi connectivity index (χ1) is 7.34. The average Bonchev–Trinajstić information content (AvgIpc) is 2.30. The van der Waals surface area contributed by atoms with Crippen LogP contribution in [0.25, 0.3) is 0 Å². The zero-order valence-corrected chi connectivity index (χ0v) is 9.46. The second-order valence-corrected chi connectivity index (χ2v) is 5.00. The number of rotatable bonds is 3. The highest BCUT2D eigenvalue weighted by Gasteiger charge is 2.13. The summed E-state index contributed by atoms with van der Waals surface area (Å²) in [5.41, 5.74) is 5.46. The van der Waals surface area contributed by atoms with Gasteiger partial charge in [0.25, 0.3) is 0 Å². The van der Waals surface area contributed by atoms with Crippen molar-refractivity contribution in [1.82, 2.24) is 10.2 Å². The summed E-state index contributed by atoms with van der Waals surface area (Å²) in [5.74, 6) is 4.65. The van der Waals surface area contributed by atoms with Crippen LogP contribution in [0.2, 0.25) is 0 Å². The maximum Gasteiger partial charge on any atom is 0.148 e. The fourth-order valence-corrected chi connectivity index (χ4v) is 2.84. The quantitative estimate of drug-likeness (QED) is 0.816. The largest absolute Gasteiger partial charge is 0.382 e. The molecule has 1 aromatic rings. The molecule has 1 fully saturated rings. The van der Waals surface area contributed by atoms with Crippen LogP contribution in [0.15, 0.2) is 12.1 Å². The van der Waals surface area contributed by atoms with Gasteiger partial charge >= 0.3 is 0 Å². The number of nitrogens with zero attached hydrogens (tertiary/aromatic N) is 2. The lowest BCUT2D eigenvalue weighted by molar-refractivity contribution is 0.515. The van der Waals surface area contributed by atoms with E-state index in [0.717, 1.165) is 18.3 Å². The Morgan fingerprint density at radius 3 is 2.80 bits per heavy atom. The number of hydrogen-bond donors (Lipinski definition) is 2. The molecule has 2 rings (SSSR count). The molecular formula is C10H16N4S. The molecular weight excluding hydrogens is 208 g/mol. The maximum atomic E-state index is 5.46. The van der Waals surface area contributed by atoms with Gasteiger partial charge in [-0.25, -0.2) is 0 Å². The van der Waals surface area contributed by atoms with Crippen LogP contribution >= 0.6 is 11.8 Å². The maximum absolute atomic E-state index is 5.46. The van der Waals surface area contributed by atoms with Crippen LogP contribution in [0.3, 0.4) is 0 Å². The predicted molar refractivity (Wildman–Crippen MR) is 65.0 cm³/mol. The molecule has 1 aromatic heterocycles. The van der Waals surface area contributed by atoms with E-state index in [4.69, 9.17) is 5.73 Å². The Balaban J connectivity index is 1.79. The summed E-state index contributed by atoms with van der Waals surface area (Å²) in [6.07, 6.45) is 2.61. The van der Waals surface area contributed by atoms with E-state index in [0.29, 0.717) is 5.82 Å². The van der Waals surface area contributed by atoms with Gasteiger partial charge in [-0.2, -0.15) is 11.8 Å². The molecule has 5 heteroatoms. The average molecular weight is 224 g/mol. The highest BCUT2D eigenvalue weighted by Crippen LogP contribution is 2.22. The second kappa shape index (κ2) is 5.21. The van der Waals surface area contributed by atoms with Gasteiger partial charge in [0, 0.05) is 6.54 Å². The molecule has 0 unspecified atom stereocenters. The van der Waals surface area contributed by atoms with Gasteiger partial charge in [-0.05, 0) is 42.4 Å². The van der Waals surface area contributed by atoms with Crippen LogP contribution in [0.1, 0.15) is 12.8 Å². The number of anilines is 2. The van der Waals surface area contributed by atoms with E-state index in [-0.39, 0.29) is 0 Å². The van der Waals surface area contributed by atoms with Crippen LogP contribution in [-0.2, 0) is 0 Å². The first kappa shape index (κ1) is 10.5. The van der Waals surface area contributed by atoms with Gasteiger partial charge < -0.3 is 11.1 Å². The Morgan fingerprint density at radius 2 is 2.13 bits per heavy atom. The summed E-state index contributed by atoms with van der Waals surface area (Å²) >= 11 is 2.05. The van der Waals surface area contributed by atoms with Crippen molar-refractivity contribution in [2.75, 3.05) is 29.1 Å². The summed E-state index contributed by atoms with van der Waals surface area (Å²) in [6.45, 7) is 0.999. The monoisotopic (exact) mass is 224 g/mol. The minimum Gasteiger partial charge on any atom is -0.382 e. The van der Waals surface area contributed by atoms with Gasteiger partial charge in [-0.1, -0.05) is 0 Å². The van der Waals surface area contributed by atoms with Gasteiger partial charge in [0.15, 0.2) is 0 Å². The third kappa shape index (κ3) is 3.27. The van der Waals surface area contributed by atoms with Crippen LogP contribution in [0.5, 0.6) is 0 Å². The Bertz CT molecular complexity index is 295. The van der Waals surface area contributed by atoms with Crippen LogP contribution in [0.4, 0.5) is 11.6 Å². The van der Waals surface area contributed by atoms with E-state index in [2.05, 4.69) is 27.3 Å². The van der Waals surface area contributed by atoms with Crippen molar-refractivity contribution in [2.24, 2.45) is 5.92 Å². The molecule has 0 saturated carbocycles. The van der Waals surface area contributed by atoms with E-state index in [9.17, 15) is 0 Å². The topological polar surface area (TPSA) is 63.8 Å². The minimum atomic E-state index is 0.467. The van der Waals surface area contributed by atoms with Crippen molar-refractivity contribution in [1.29, 1.82) is 0 Å². The third-order valence-electron chi connectivity index (χ3n) is 2.60. The SMILES string of the molecule is Nc1ccc(NCC2CCSCC2)nn1. The highest BCUT2D eigenvalue weighted by atomic mass is 32.2. The number of hydrogen-bond acceptors (Lipinski definition) is 5. The van der Waals surface area contributed by atoms with Crippen LogP contribution in [0, 0.1) is 5.92 Å². The van der Waals surface area contributed by atoms with E-state index >= 15 is 0 Å². The molecule has 82 valence electrons. The Hall–Kier alpha value is -0.970. The van der Waals surface area contributed by atoms with Gasteiger partial charge in [-0.3, -0.25) is 0 Å². The number of nitrogens with two attached hydrogens (primary N) is 1. The van der Waals surface area contributed by atoms with Gasteiger partial charge in [0.05, 0.1) is 0 Å². The molecule has 0 aromatic carbocycles. The first-order valence-electron chi connectivity index (χ1n) is 5.25. The molecule has 1 aliphatic heterocycles. The number of nitrogen functional groups attached to an aromatic ring is 1. The van der Waals surface area contributed by atoms with Crippen molar-refractivity contribution in [3.05, 3.63) is 12.1 Å². The molecule has 0 amide bonds. The molecule has 0 bridgehead atoms. The summed E-state index contributed by atoms with van der Waals surface area (Å²) in [5, 5.41) is 11.1. The number of thioether (sulfide) groups is 1. The summed E-state index contributed by atoms with van der Waals surface area (Å²) in [4.78, 5) is 0. The van der Waals surface area contributed by atoms with Crippen molar-refractivity contribution in [3.8, 4) is 0 Å². The molecule has 3 N–H and O–H groups in total. The molecule has 1 saturated heterocycles. The van der Waals surface area contributed by atoms with E-state index < -0.39 is 0 Å². The van der Waals surface area contributed by atoms with Gasteiger partial charge in [-0.15, -0.1) is 10.2 Å². The molecule has 0 spiro atoms. The van der Waals surface area contributed by atoms with Crippen molar-refractivity contribution < 1.29 is 0 Å². The molecule has 0 radical (unpaired) electrons. The Labute approximate surface area is 94.0 Å². The summed E-state index contributed by atoms with van der Waals surface area (Å²) < 4.78 is 0. The predicted octanol–water partition coefficient (Wildman–Crippen LogP) is 1.61. The summed E-state index contributed by atoms with van der Waals surface area (Å²) in [7, 11) is 0. The molecule has 0 atom stereocenters. The highest BCUT2D eigenvalue weighted by molar-refractivity contribution is 7.99. The molecule has 1 aliphatic rings. The molecule has 0 aliphatic carbocycles. The number of aromatic nitrogens is 2. The minimum absolute atomic E-state index is 0.467. The standard InChI is InChI=1S/C10H16N4S/c11-9-1-2-10(14-13-9)12-7-8-3-5-15-6-4-8/h1-2,8H,3-7H2,(H2,11,13)(H,12,14). The van der Waals surface area contributed by atoms with Gasteiger partial charge in [0.1, 0.15) is 11.6 Å². The van der Waals surface area contributed by atoms with E-state index in [1.165, 1.54) is 24.3 Å². The Morgan fingerprint density at radius 1 is 1.33 bits per heavy atom. The van der Waals surface area contributed by atoms with Gasteiger partial charge in [0.2, 0.25) is 0 Å². The summed E-state index contributed by atoms with van der Waals surface area (Å²) in [6, 6.07) is 3.64. The van der Waals surface area contributed by atoms with Crippen molar-refractivity contribution >= 4 is 23.4 Å². The normalized spacial score (nSPS) is 17.6. The molecule has 4 nitrogen and oxygen atoms in total. The Kier molecular flexibility index (Phi) is 3.66. The van der Waals surface area contributed by atoms with Crippen molar-refractivity contribution in [2.45, 2.75) is 12.8 Å². The second-order valence-electron chi connectivity index (χ2n) is 3.78. The third-order valence-corrected chi connectivity index (χ3v) is 3.65. The molecule has 15 heavy (non-hydrogen) atoms. The lowest BCUT2D eigenvalue weighted by atomic mass is 10.0. The zero-order valence-electron chi connectivity index (χ0n) is 8.65. The lowest BCUT2D eigenvalue weighted by Crippen LogP contribution is -2.19. The van der Waals surface area contributed by atoms with Crippen LogP contribution in [-0.4, -0.2) is 28.2 Å². The van der Waals surface area contributed by atoms with E-state index in [1.807, 2.05) is 6.07 Å². The van der Waals surface area contributed by atoms with E-state index in [1.54, 1.807) is 6.07 Å².